The Bertz CT molecular complexity index is 314. The fourth-order valence-electron chi connectivity index (χ4n) is 0.673. The van der Waals surface area contributed by atoms with Crippen molar-refractivity contribution in [3.05, 3.63) is 28.5 Å². The molecule has 0 aliphatic carbocycles. The van der Waals surface area contributed by atoms with E-state index >= 15 is 0 Å². The molecular formula is C7H5BrCl2N2. The molecule has 1 aromatic rings. The smallest absolute Gasteiger partial charge is 0.137 e. The second-order valence-electron chi connectivity index (χ2n) is 2.11. The summed E-state index contributed by atoms with van der Waals surface area (Å²) in [4.78, 5) is 0. The van der Waals surface area contributed by atoms with Crippen molar-refractivity contribution in [2.24, 2.45) is 0 Å². The Balaban J connectivity index is 3.13. The average Bonchev–Trinajstić information content (AvgIpc) is 2.08. The predicted octanol–water partition coefficient (Wildman–Crippen LogP) is 3.19. The first-order valence-electron chi connectivity index (χ1n) is 3.08. The number of hydrogen-bond acceptors (Lipinski definition) is 2. The zero-order chi connectivity index (χ0) is 9.14. The van der Waals surface area contributed by atoms with Gasteiger partial charge in [0, 0.05) is 10.9 Å². The van der Waals surface area contributed by atoms with Crippen molar-refractivity contribution >= 4 is 44.7 Å². The summed E-state index contributed by atoms with van der Waals surface area (Å²) in [5.74, 6) is 0. The molecule has 0 bridgehead atoms. The van der Waals surface area contributed by atoms with Gasteiger partial charge in [0.1, 0.15) is 0 Å². The van der Waals surface area contributed by atoms with E-state index in [9.17, 15) is 0 Å². The van der Waals surface area contributed by atoms with E-state index in [0.717, 1.165) is 11.1 Å². The molecule has 64 valence electrons. The molecule has 1 aromatic heterocycles. The molecule has 0 spiro atoms. The fourth-order valence-corrected chi connectivity index (χ4v) is 1.35. The summed E-state index contributed by atoms with van der Waals surface area (Å²) in [7, 11) is 0. The van der Waals surface area contributed by atoms with Crippen molar-refractivity contribution in [2.45, 2.75) is 0 Å². The molecule has 0 aromatic carbocycles. The average molecular weight is 268 g/mol. The van der Waals surface area contributed by atoms with Crippen LogP contribution >= 0.6 is 39.1 Å². The summed E-state index contributed by atoms with van der Waals surface area (Å²) in [5, 5.41) is 8.51. The lowest BCUT2D eigenvalue weighted by Gasteiger charge is -2.02. The quantitative estimate of drug-likeness (QED) is 0.769. The molecule has 1 heterocycles. The first kappa shape index (κ1) is 9.96. The SMILES string of the molecule is C=C(CBr)c1cc(Cl)nnc1Cl. The topological polar surface area (TPSA) is 25.8 Å². The van der Waals surface area contributed by atoms with Crippen LogP contribution in [0.2, 0.25) is 10.3 Å². The maximum Gasteiger partial charge on any atom is 0.159 e. The van der Waals surface area contributed by atoms with E-state index in [2.05, 4.69) is 32.7 Å². The minimum absolute atomic E-state index is 0.316. The van der Waals surface area contributed by atoms with Crippen LogP contribution in [0.3, 0.4) is 0 Å². The van der Waals surface area contributed by atoms with Gasteiger partial charge >= 0.3 is 0 Å². The summed E-state index contributed by atoms with van der Waals surface area (Å²) < 4.78 is 0. The number of halogens is 3. The molecule has 0 N–H and O–H groups in total. The molecule has 5 heteroatoms. The van der Waals surface area contributed by atoms with Gasteiger partial charge in [0.25, 0.3) is 0 Å². The van der Waals surface area contributed by atoms with Crippen LogP contribution in [-0.2, 0) is 0 Å². The molecule has 2 nitrogen and oxygen atoms in total. The van der Waals surface area contributed by atoms with Crippen molar-refractivity contribution in [3.63, 3.8) is 0 Å². The third kappa shape index (κ3) is 2.19. The van der Waals surface area contributed by atoms with Gasteiger partial charge < -0.3 is 0 Å². The minimum atomic E-state index is 0.316. The second-order valence-corrected chi connectivity index (χ2v) is 3.41. The highest BCUT2D eigenvalue weighted by molar-refractivity contribution is 9.09. The van der Waals surface area contributed by atoms with Gasteiger partial charge in [-0.2, -0.15) is 0 Å². The van der Waals surface area contributed by atoms with Gasteiger partial charge in [0.05, 0.1) is 0 Å². The van der Waals surface area contributed by atoms with Gasteiger partial charge in [0.2, 0.25) is 0 Å². The fraction of sp³-hybridized carbons (Fsp3) is 0.143. The molecule has 0 saturated heterocycles. The first-order valence-corrected chi connectivity index (χ1v) is 4.95. The maximum absolute atomic E-state index is 5.76. The van der Waals surface area contributed by atoms with Gasteiger partial charge in [-0.15, -0.1) is 10.2 Å². The lowest BCUT2D eigenvalue weighted by atomic mass is 10.2. The Morgan fingerprint density at radius 2 is 2.17 bits per heavy atom. The summed E-state index contributed by atoms with van der Waals surface area (Å²) in [6.07, 6.45) is 0. The van der Waals surface area contributed by atoms with Crippen LogP contribution < -0.4 is 0 Å². The molecule has 0 fully saturated rings. The van der Waals surface area contributed by atoms with Crippen LogP contribution in [0, 0.1) is 0 Å². The standard InChI is InChI=1S/C7H5BrCl2N2/c1-4(3-8)5-2-6(9)11-12-7(5)10/h2H,1,3H2. The molecule has 0 amide bonds. The molecule has 0 atom stereocenters. The first-order chi connectivity index (χ1) is 5.65. The summed E-state index contributed by atoms with van der Waals surface area (Å²) in [6.45, 7) is 3.79. The van der Waals surface area contributed by atoms with E-state index in [0.29, 0.717) is 15.6 Å². The molecular weight excluding hydrogens is 263 g/mol. The Labute approximate surface area is 88.7 Å². The summed E-state index contributed by atoms with van der Waals surface area (Å²) >= 11 is 14.6. The van der Waals surface area contributed by atoms with E-state index in [-0.39, 0.29) is 0 Å². The van der Waals surface area contributed by atoms with E-state index in [1.165, 1.54) is 0 Å². The Kier molecular flexibility index (Phi) is 3.50. The highest BCUT2D eigenvalue weighted by Gasteiger charge is 2.06. The maximum atomic E-state index is 5.76. The van der Waals surface area contributed by atoms with Crippen LogP contribution in [-0.4, -0.2) is 15.5 Å². The highest BCUT2D eigenvalue weighted by atomic mass is 79.9. The monoisotopic (exact) mass is 266 g/mol. The van der Waals surface area contributed by atoms with Crippen molar-refractivity contribution < 1.29 is 0 Å². The third-order valence-corrected chi connectivity index (χ3v) is 2.40. The lowest BCUT2D eigenvalue weighted by molar-refractivity contribution is 1.03. The highest BCUT2D eigenvalue weighted by Crippen LogP contribution is 2.23. The number of aromatic nitrogens is 2. The van der Waals surface area contributed by atoms with Crippen molar-refractivity contribution in [1.29, 1.82) is 0 Å². The Morgan fingerprint density at radius 1 is 1.50 bits per heavy atom. The number of allylic oxidation sites excluding steroid dienone is 1. The van der Waals surface area contributed by atoms with Crippen LogP contribution in [0.15, 0.2) is 12.6 Å². The van der Waals surface area contributed by atoms with Crippen LogP contribution in [0.4, 0.5) is 0 Å². The number of alkyl halides is 1. The van der Waals surface area contributed by atoms with E-state index in [1.807, 2.05) is 0 Å². The van der Waals surface area contributed by atoms with Crippen LogP contribution in [0.25, 0.3) is 5.57 Å². The zero-order valence-electron chi connectivity index (χ0n) is 6.02. The molecule has 0 unspecified atom stereocenters. The van der Waals surface area contributed by atoms with Gasteiger partial charge in [-0.3, -0.25) is 0 Å². The number of nitrogens with zero attached hydrogens (tertiary/aromatic N) is 2. The van der Waals surface area contributed by atoms with Gasteiger partial charge in [0.15, 0.2) is 10.3 Å². The molecule has 1 rings (SSSR count). The number of hydrogen-bond donors (Lipinski definition) is 0. The van der Waals surface area contributed by atoms with Gasteiger partial charge in [-0.1, -0.05) is 45.7 Å². The summed E-state index contributed by atoms with van der Waals surface area (Å²) in [6, 6.07) is 1.64. The largest absolute Gasteiger partial charge is 0.159 e. The van der Waals surface area contributed by atoms with Crippen LogP contribution in [0.1, 0.15) is 5.56 Å². The van der Waals surface area contributed by atoms with Gasteiger partial charge in [-0.25, -0.2) is 0 Å². The van der Waals surface area contributed by atoms with Crippen molar-refractivity contribution in [3.8, 4) is 0 Å². The molecule has 12 heavy (non-hydrogen) atoms. The van der Waals surface area contributed by atoms with E-state index in [1.54, 1.807) is 6.07 Å². The molecule has 0 radical (unpaired) electrons. The molecule has 0 aliphatic heterocycles. The number of rotatable bonds is 2. The molecule has 0 aliphatic rings. The molecule has 0 saturated carbocycles. The zero-order valence-corrected chi connectivity index (χ0v) is 9.12. The van der Waals surface area contributed by atoms with Crippen LogP contribution in [0.5, 0.6) is 0 Å². The van der Waals surface area contributed by atoms with Crippen molar-refractivity contribution in [2.75, 3.05) is 5.33 Å². The van der Waals surface area contributed by atoms with Crippen molar-refractivity contribution in [1.82, 2.24) is 10.2 Å². The lowest BCUT2D eigenvalue weighted by Crippen LogP contribution is -1.91. The third-order valence-electron chi connectivity index (χ3n) is 1.26. The second kappa shape index (κ2) is 4.21. The Hall–Kier alpha value is -0.120. The Morgan fingerprint density at radius 3 is 2.75 bits per heavy atom. The van der Waals surface area contributed by atoms with Gasteiger partial charge in [-0.05, 0) is 11.6 Å². The summed E-state index contributed by atoms with van der Waals surface area (Å²) in [5.41, 5.74) is 1.56. The van der Waals surface area contributed by atoms with E-state index in [4.69, 9.17) is 23.2 Å². The normalized spacial score (nSPS) is 9.92. The van der Waals surface area contributed by atoms with E-state index < -0.39 is 0 Å². The minimum Gasteiger partial charge on any atom is -0.137 e. The predicted molar refractivity (Wildman–Crippen MR) is 54.9 cm³/mol.